The number of nitrogens with one attached hydrogen (secondary N) is 1. The largest absolute Gasteiger partial charge is 0.463 e. The molecule has 13 heteroatoms. The van der Waals surface area contributed by atoms with E-state index in [1.165, 1.54) is 32.1 Å². The second-order valence-electron chi connectivity index (χ2n) is 11.4. The molecule has 0 aromatic carbocycles. The molecule has 0 bridgehead atoms. The first-order chi connectivity index (χ1) is 22.3. The third-order valence-electron chi connectivity index (χ3n) is 5.99. The highest BCUT2D eigenvalue weighted by molar-refractivity contribution is 5.69. The lowest BCUT2D eigenvalue weighted by Crippen LogP contribution is -2.34. The SMILES string of the molecule is CCCCCCCCCC(=O)OCCOCCOCCOCCOCCOCCOCCOCCOCCNC(=O)OC(C)(C)C. The Morgan fingerprint density at radius 2 is 0.826 bits per heavy atom. The molecule has 274 valence electrons. The van der Waals surface area contributed by atoms with Crippen LogP contribution in [0.4, 0.5) is 4.79 Å². The Morgan fingerprint density at radius 1 is 0.478 bits per heavy atom. The van der Waals surface area contributed by atoms with Crippen molar-refractivity contribution in [3.8, 4) is 0 Å². The van der Waals surface area contributed by atoms with Crippen LogP contribution in [-0.4, -0.2) is 137 Å². The Labute approximate surface area is 277 Å². The Hall–Kier alpha value is -1.58. The van der Waals surface area contributed by atoms with Gasteiger partial charge in [0.1, 0.15) is 12.2 Å². The summed E-state index contributed by atoms with van der Waals surface area (Å²) in [4.78, 5) is 23.2. The molecule has 0 aromatic rings. The van der Waals surface area contributed by atoms with Crippen molar-refractivity contribution in [2.24, 2.45) is 0 Å². The summed E-state index contributed by atoms with van der Waals surface area (Å²) < 4.78 is 53.9. The van der Waals surface area contributed by atoms with Crippen molar-refractivity contribution in [3.05, 3.63) is 0 Å². The van der Waals surface area contributed by atoms with Crippen molar-refractivity contribution in [1.29, 1.82) is 0 Å². The van der Waals surface area contributed by atoms with Crippen molar-refractivity contribution in [3.63, 3.8) is 0 Å². The van der Waals surface area contributed by atoms with Gasteiger partial charge in [-0.25, -0.2) is 4.79 Å². The highest BCUT2D eigenvalue weighted by atomic mass is 16.6. The van der Waals surface area contributed by atoms with E-state index < -0.39 is 11.7 Å². The smallest absolute Gasteiger partial charge is 0.407 e. The Morgan fingerprint density at radius 3 is 1.22 bits per heavy atom. The van der Waals surface area contributed by atoms with Gasteiger partial charge in [-0.3, -0.25) is 4.79 Å². The van der Waals surface area contributed by atoms with Gasteiger partial charge in [-0.15, -0.1) is 0 Å². The van der Waals surface area contributed by atoms with Crippen LogP contribution in [-0.2, 0) is 52.2 Å². The lowest BCUT2D eigenvalue weighted by Gasteiger charge is -2.19. The van der Waals surface area contributed by atoms with E-state index in [4.69, 9.17) is 47.4 Å². The minimum absolute atomic E-state index is 0.144. The summed E-state index contributed by atoms with van der Waals surface area (Å²) in [7, 11) is 0. The molecule has 0 radical (unpaired) electrons. The second kappa shape index (κ2) is 34.7. The maximum absolute atomic E-state index is 11.7. The summed E-state index contributed by atoms with van der Waals surface area (Å²) in [6, 6.07) is 0. The lowest BCUT2D eigenvalue weighted by molar-refractivity contribution is -0.145. The fraction of sp³-hybridized carbons (Fsp3) is 0.939. The van der Waals surface area contributed by atoms with Crippen LogP contribution in [0, 0.1) is 0 Å². The number of rotatable bonds is 35. The Bertz CT molecular complexity index is 663. The molecule has 0 unspecified atom stereocenters. The first-order valence-electron chi connectivity index (χ1n) is 17.1. The minimum atomic E-state index is -0.512. The highest BCUT2D eigenvalue weighted by Gasteiger charge is 2.15. The van der Waals surface area contributed by atoms with E-state index in [1.807, 2.05) is 20.8 Å². The summed E-state index contributed by atoms with van der Waals surface area (Å²) in [5, 5.41) is 2.63. The topological polar surface area (TPSA) is 138 Å². The van der Waals surface area contributed by atoms with Crippen molar-refractivity contribution in [1.82, 2.24) is 5.32 Å². The monoisotopic (exact) mass is 667 g/mol. The highest BCUT2D eigenvalue weighted by Crippen LogP contribution is 2.09. The molecular formula is C33H65NO12. The molecule has 0 aliphatic rings. The van der Waals surface area contributed by atoms with E-state index >= 15 is 0 Å². The first-order valence-corrected chi connectivity index (χ1v) is 17.1. The quantitative estimate of drug-likeness (QED) is 0.0761. The van der Waals surface area contributed by atoms with Crippen LogP contribution >= 0.6 is 0 Å². The van der Waals surface area contributed by atoms with Gasteiger partial charge in [0.05, 0.1) is 106 Å². The molecule has 13 nitrogen and oxygen atoms in total. The van der Waals surface area contributed by atoms with Gasteiger partial charge in [-0.05, 0) is 27.2 Å². The number of amides is 1. The predicted molar refractivity (Wildman–Crippen MR) is 174 cm³/mol. The lowest BCUT2D eigenvalue weighted by atomic mass is 10.1. The first kappa shape index (κ1) is 44.4. The maximum Gasteiger partial charge on any atom is 0.407 e. The summed E-state index contributed by atoms with van der Waals surface area (Å²) in [5.74, 6) is -0.144. The van der Waals surface area contributed by atoms with Gasteiger partial charge >= 0.3 is 12.1 Å². The van der Waals surface area contributed by atoms with Gasteiger partial charge in [0.2, 0.25) is 0 Å². The van der Waals surface area contributed by atoms with Crippen molar-refractivity contribution in [2.75, 3.05) is 119 Å². The van der Waals surface area contributed by atoms with Crippen LogP contribution in [0.3, 0.4) is 0 Å². The number of ether oxygens (including phenoxy) is 10. The van der Waals surface area contributed by atoms with Crippen LogP contribution < -0.4 is 5.32 Å². The van der Waals surface area contributed by atoms with Crippen LogP contribution in [0.1, 0.15) is 79.1 Å². The minimum Gasteiger partial charge on any atom is -0.463 e. The molecule has 1 amide bonds. The van der Waals surface area contributed by atoms with Gasteiger partial charge in [0.25, 0.3) is 0 Å². The fourth-order valence-electron chi connectivity index (χ4n) is 3.69. The maximum atomic E-state index is 11.7. The summed E-state index contributed by atoms with van der Waals surface area (Å²) in [5.41, 5.74) is -0.512. The molecule has 0 aliphatic heterocycles. The number of carbonyl (C=O) groups excluding carboxylic acids is 2. The average Bonchev–Trinajstić information content (AvgIpc) is 3.01. The normalized spacial score (nSPS) is 11.6. The third-order valence-corrected chi connectivity index (χ3v) is 5.99. The molecule has 0 rings (SSSR count). The third kappa shape index (κ3) is 38.6. The molecule has 0 fully saturated rings. The predicted octanol–water partition coefficient (Wildman–Crippen LogP) is 4.33. The number of esters is 1. The second-order valence-corrected chi connectivity index (χ2v) is 11.4. The molecular weight excluding hydrogens is 602 g/mol. The van der Waals surface area contributed by atoms with Gasteiger partial charge in [0, 0.05) is 13.0 Å². The average molecular weight is 668 g/mol. The van der Waals surface area contributed by atoms with Crippen LogP contribution in [0.25, 0.3) is 0 Å². The molecule has 0 aromatic heterocycles. The van der Waals surface area contributed by atoms with Gasteiger partial charge in [-0.1, -0.05) is 45.4 Å². The number of alkyl carbamates (subject to hydrolysis) is 1. The molecule has 0 aliphatic carbocycles. The number of unbranched alkanes of at least 4 members (excludes halogenated alkanes) is 6. The zero-order valence-corrected chi connectivity index (χ0v) is 29.3. The van der Waals surface area contributed by atoms with E-state index in [-0.39, 0.29) is 12.6 Å². The van der Waals surface area contributed by atoms with Gasteiger partial charge in [-0.2, -0.15) is 0 Å². The molecule has 0 saturated heterocycles. The summed E-state index contributed by atoms with van der Waals surface area (Å²) in [6.07, 6.45) is 8.32. The van der Waals surface area contributed by atoms with Crippen LogP contribution in [0.2, 0.25) is 0 Å². The van der Waals surface area contributed by atoms with Gasteiger partial charge in [0.15, 0.2) is 0 Å². The van der Waals surface area contributed by atoms with Crippen molar-refractivity contribution >= 4 is 12.1 Å². The van der Waals surface area contributed by atoms with Gasteiger partial charge < -0.3 is 52.7 Å². The summed E-state index contributed by atoms with van der Waals surface area (Å²) in [6.45, 7) is 15.7. The standard InChI is InChI=1S/C33H65NO12/c1-5-6-7-8-9-10-11-12-31(35)45-30-29-44-28-27-43-26-25-42-24-23-41-22-21-40-20-19-39-18-17-38-16-15-37-14-13-34-32(36)46-33(2,3)4/h5-30H2,1-4H3,(H,34,36). The van der Waals surface area contributed by atoms with E-state index in [0.29, 0.717) is 119 Å². The zero-order chi connectivity index (χ0) is 33.8. The number of hydrogen-bond acceptors (Lipinski definition) is 12. The molecule has 1 N–H and O–H groups in total. The van der Waals surface area contributed by atoms with Crippen LogP contribution in [0.5, 0.6) is 0 Å². The zero-order valence-electron chi connectivity index (χ0n) is 29.3. The molecule has 46 heavy (non-hydrogen) atoms. The molecule has 0 spiro atoms. The fourth-order valence-corrected chi connectivity index (χ4v) is 3.69. The summed E-state index contributed by atoms with van der Waals surface area (Å²) >= 11 is 0. The Balaban J connectivity index is 3.15. The van der Waals surface area contributed by atoms with E-state index in [2.05, 4.69) is 12.2 Å². The number of hydrogen-bond donors (Lipinski definition) is 1. The van der Waals surface area contributed by atoms with E-state index in [9.17, 15) is 9.59 Å². The molecule has 0 heterocycles. The van der Waals surface area contributed by atoms with Crippen molar-refractivity contribution in [2.45, 2.75) is 84.7 Å². The Kier molecular flexibility index (Phi) is 33.6. The number of carbonyl (C=O) groups is 2. The van der Waals surface area contributed by atoms with E-state index in [1.54, 1.807) is 0 Å². The van der Waals surface area contributed by atoms with Crippen molar-refractivity contribution < 1.29 is 57.0 Å². The van der Waals surface area contributed by atoms with Crippen LogP contribution in [0.15, 0.2) is 0 Å². The van der Waals surface area contributed by atoms with E-state index in [0.717, 1.165) is 12.8 Å². The molecule has 0 atom stereocenters. The molecule has 0 saturated carbocycles.